The van der Waals surface area contributed by atoms with Crippen LogP contribution in [0.15, 0.2) is 60.7 Å². The van der Waals surface area contributed by atoms with Crippen molar-refractivity contribution in [2.24, 2.45) is 17.6 Å². The number of fused-ring (bicyclic) bond motifs is 1. The van der Waals surface area contributed by atoms with Crippen LogP contribution in [0.25, 0.3) is 11.3 Å². The molecule has 2 unspecified atom stereocenters. The lowest BCUT2D eigenvalue weighted by atomic mass is 10.0. The summed E-state index contributed by atoms with van der Waals surface area (Å²) in [6.45, 7) is 2.09. The molecule has 5 rings (SSSR count). The summed E-state index contributed by atoms with van der Waals surface area (Å²) in [5.74, 6) is 2.57. The van der Waals surface area contributed by atoms with Gasteiger partial charge in [0.15, 0.2) is 6.19 Å². The van der Waals surface area contributed by atoms with Crippen LogP contribution in [0.3, 0.4) is 0 Å². The lowest BCUT2D eigenvalue weighted by molar-refractivity contribution is 0.0995. The number of carbonyl (C=O) groups is 1. The average molecular weight is 415 g/mol. The molecule has 0 spiro atoms. The molecule has 2 atom stereocenters. The molecule has 3 N–H and O–H groups in total. The molecule has 2 aromatic carbocycles. The van der Waals surface area contributed by atoms with E-state index >= 15 is 0 Å². The van der Waals surface area contributed by atoms with Crippen molar-refractivity contribution in [1.29, 1.82) is 5.26 Å². The van der Waals surface area contributed by atoms with Crippen molar-refractivity contribution in [1.82, 2.24) is 15.1 Å². The maximum Gasteiger partial charge on any atom is 0.266 e. The Bertz CT molecular complexity index is 1060. The van der Waals surface area contributed by atoms with Crippen molar-refractivity contribution in [2.45, 2.75) is 19.3 Å². The highest BCUT2D eigenvalue weighted by Crippen LogP contribution is 2.37. The molecule has 0 radical (unpaired) electrons. The minimum atomic E-state index is -0.546. The second-order valence-corrected chi connectivity index (χ2v) is 7.90. The van der Waals surface area contributed by atoms with E-state index in [2.05, 4.69) is 16.4 Å². The summed E-state index contributed by atoms with van der Waals surface area (Å²) in [7, 11) is 0. The Morgan fingerprint density at radius 2 is 1.77 bits per heavy atom. The number of ether oxygens (including phenoxy) is 1. The number of amides is 1. The molecule has 2 fully saturated rings. The van der Waals surface area contributed by atoms with Gasteiger partial charge < -0.3 is 15.4 Å². The highest BCUT2D eigenvalue weighted by atomic mass is 16.5. The van der Waals surface area contributed by atoms with Crippen LogP contribution in [0.5, 0.6) is 11.5 Å². The van der Waals surface area contributed by atoms with Gasteiger partial charge in [0.2, 0.25) is 0 Å². The minimum absolute atomic E-state index is 0.263. The lowest BCUT2D eigenvalue weighted by Gasteiger charge is -2.09. The molecule has 2 heterocycles. The number of likely N-dealkylation sites (tertiary alicyclic amines) is 1. The number of H-pyrrole nitrogens is 1. The first kappa shape index (κ1) is 20.5. The molecule has 1 saturated heterocycles. The standard InChI is InChI=1S/C16H13N3O2.C8H12N2/c17-16(20)14-10-13(18-19-14)12-8-4-5-9-15(12)21-11-6-2-1-3-7-11;9-6-10-4-7-2-1-3-8(7)5-10/h1-10H,(H2,17,20)(H,18,19);7-8H,1-5H2. The van der Waals surface area contributed by atoms with Crippen LogP contribution in [-0.2, 0) is 0 Å². The largest absolute Gasteiger partial charge is 0.457 e. The van der Waals surface area contributed by atoms with Crippen molar-refractivity contribution in [3.8, 4) is 28.9 Å². The van der Waals surface area contributed by atoms with E-state index in [-0.39, 0.29) is 5.69 Å². The Labute approximate surface area is 181 Å². The topological polar surface area (TPSA) is 108 Å². The van der Waals surface area contributed by atoms with Gasteiger partial charge in [0, 0.05) is 18.7 Å². The molecule has 158 valence electrons. The molecule has 7 heteroatoms. The second-order valence-electron chi connectivity index (χ2n) is 7.90. The highest BCUT2D eigenvalue weighted by Gasteiger charge is 2.35. The number of nitriles is 1. The van der Waals surface area contributed by atoms with Crippen molar-refractivity contribution in [2.75, 3.05) is 13.1 Å². The Kier molecular flexibility index (Phi) is 6.18. The van der Waals surface area contributed by atoms with Crippen LogP contribution in [-0.4, -0.2) is 34.1 Å². The third-order valence-electron chi connectivity index (χ3n) is 5.85. The smallest absolute Gasteiger partial charge is 0.266 e. The zero-order valence-corrected chi connectivity index (χ0v) is 17.2. The molecule has 1 saturated carbocycles. The predicted octanol–water partition coefficient (Wildman–Crippen LogP) is 4.17. The number of aromatic nitrogens is 2. The van der Waals surface area contributed by atoms with Gasteiger partial charge in [-0.3, -0.25) is 9.89 Å². The number of benzene rings is 2. The summed E-state index contributed by atoms with van der Waals surface area (Å²) < 4.78 is 5.86. The van der Waals surface area contributed by atoms with Crippen molar-refractivity contribution < 1.29 is 9.53 Å². The molecule has 3 aromatic rings. The number of para-hydroxylation sites is 2. The van der Waals surface area contributed by atoms with E-state index in [1.807, 2.05) is 59.5 Å². The van der Waals surface area contributed by atoms with Crippen molar-refractivity contribution in [3.63, 3.8) is 0 Å². The number of hydrogen-bond donors (Lipinski definition) is 2. The predicted molar refractivity (Wildman–Crippen MR) is 117 cm³/mol. The van der Waals surface area contributed by atoms with Crippen LogP contribution >= 0.6 is 0 Å². The molecular weight excluding hydrogens is 390 g/mol. The summed E-state index contributed by atoms with van der Waals surface area (Å²) in [6, 6.07) is 18.6. The molecule has 2 aliphatic rings. The summed E-state index contributed by atoms with van der Waals surface area (Å²) in [4.78, 5) is 13.1. The number of carbonyl (C=O) groups excluding carboxylic acids is 1. The van der Waals surface area contributed by atoms with Crippen LogP contribution < -0.4 is 10.5 Å². The average Bonchev–Trinajstić information content (AvgIpc) is 3.52. The SMILES string of the molecule is N#CN1CC2CCCC2C1.NC(=O)c1cc(-c2ccccc2Oc2ccccc2)n[nH]1. The minimum Gasteiger partial charge on any atom is -0.457 e. The Hall–Kier alpha value is -3.79. The number of nitrogens with one attached hydrogen (secondary N) is 1. The van der Waals surface area contributed by atoms with E-state index < -0.39 is 5.91 Å². The number of hydrogen-bond acceptors (Lipinski definition) is 5. The second kappa shape index (κ2) is 9.35. The summed E-state index contributed by atoms with van der Waals surface area (Å²) in [5, 5.41) is 15.3. The van der Waals surface area contributed by atoms with Gasteiger partial charge in [-0.15, -0.1) is 0 Å². The van der Waals surface area contributed by atoms with Gasteiger partial charge in [-0.2, -0.15) is 10.4 Å². The fourth-order valence-corrected chi connectivity index (χ4v) is 4.29. The van der Waals surface area contributed by atoms with Gasteiger partial charge in [-0.25, -0.2) is 0 Å². The molecule has 0 bridgehead atoms. The molecular formula is C24H25N5O2. The number of nitrogens with two attached hydrogens (primary N) is 1. The van der Waals surface area contributed by atoms with Gasteiger partial charge in [0.05, 0.1) is 5.69 Å². The van der Waals surface area contributed by atoms with Gasteiger partial charge >= 0.3 is 0 Å². The number of aromatic amines is 1. The fourth-order valence-electron chi connectivity index (χ4n) is 4.29. The molecule has 31 heavy (non-hydrogen) atoms. The van der Waals surface area contributed by atoms with Gasteiger partial charge in [-0.05, 0) is 55.0 Å². The third-order valence-corrected chi connectivity index (χ3v) is 5.85. The monoisotopic (exact) mass is 415 g/mol. The van der Waals surface area contributed by atoms with E-state index in [9.17, 15) is 4.79 Å². The quantitative estimate of drug-likeness (QED) is 0.622. The Balaban J connectivity index is 0.000000192. The molecule has 1 amide bonds. The number of nitrogens with zero attached hydrogens (tertiary/aromatic N) is 3. The summed E-state index contributed by atoms with van der Waals surface area (Å²) >= 11 is 0. The van der Waals surface area contributed by atoms with Crippen molar-refractivity contribution in [3.05, 3.63) is 66.4 Å². The van der Waals surface area contributed by atoms with Crippen LogP contribution in [0.2, 0.25) is 0 Å². The molecule has 1 aromatic heterocycles. The van der Waals surface area contributed by atoms with Crippen molar-refractivity contribution >= 4 is 5.91 Å². The summed E-state index contributed by atoms with van der Waals surface area (Å²) in [6.07, 6.45) is 6.35. The van der Waals surface area contributed by atoms with E-state index in [0.29, 0.717) is 11.4 Å². The van der Waals surface area contributed by atoms with Gasteiger partial charge in [-0.1, -0.05) is 36.8 Å². The van der Waals surface area contributed by atoms with Gasteiger partial charge in [0.25, 0.3) is 5.91 Å². The molecule has 7 nitrogen and oxygen atoms in total. The van der Waals surface area contributed by atoms with Crippen LogP contribution in [0.4, 0.5) is 0 Å². The normalized spacial score (nSPS) is 19.1. The summed E-state index contributed by atoms with van der Waals surface area (Å²) in [5.41, 5.74) is 6.88. The van der Waals surface area contributed by atoms with E-state index in [1.165, 1.54) is 19.3 Å². The first-order chi connectivity index (χ1) is 15.1. The maximum absolute atomic E-state index is 11.1. The van der Waals surface area contributed by atoms with E-state index in [4.69, 9.17) is 15.7 Å². The number of rotatable bonds is 4. The van der Waals surface area contributed by atoms with E-state index in [0.717, 1.165) is 36.2 Å². The van der Waals surface area contributed by atoms with E-state index in [1.54, 1.807) is 6.07 Å². The Morgan fingerprint density at radius 1 is 1.10 bits per heavy atom. The number of primary amides is 1. The third kappa shape index (κ3) is 4.86. The zero-order valence-electron chi connectivity index (χ0n) is 17.2. The van der Waals surface area contributed by atoms with Gasteiger partial charge in [0.1, 0.15) is 17.2 Å². The first-order valence-corrected chi connectivity index (χ1v) is 10.5. The maximum atomic E-state index is 11.1. The molecule has 1 aliphatic heterocycles. The fraction of sp³-hybridized carbons (Fsp3) is 0.292. The molecule has 1 aliphatic carbocycles. The first-order valence-electron chi connectivity index (χ1n) is 10.5. The van der Waals surface area contributed by atoms with Crippen LogP contribution in [0, 0.1) is 23.3 Å². The van der Waals surface area contributed by atoms with Crippen LogP contribution in [0.1, 0.15) is 29.8 Å². The zero-order chi connectivity index (χ0) is 21.6. The highest BCUT2D eigenvalue weighted by molar-refractivity contribution is 5.92. The lowest BCUT2D eigenvalue weighted by Crippen LogP contribution is -2.14. The Morgan fingerprint density at radius 3 is 2.42 bits per heavy atom.